The lowest BCUT2D eigenvalue weighted by atomic mass is 9.84. The second-order valence-corrected chi connectivity index (χ2v) is 9.44. The summed E-state index contributed by atoms with van der Waals surface area (Å²) in [7, 11) is -4.14. The van der Waals surface area contributed by atoms with Crippen LogP contribution in [0.4, 0.5) is 5.69 Å². The third kappa shape index (κ3) is 2.95. The van der Waals surface area contributed by atoms with Crippen LogP contribution in [0.5, 0.6) is 5.75 Å². The third-order valence-electron chi connectivity index (χ3n) is 4.77. The molecule has 0 saturated carbocycles. The van der Waals surface area contributed by atoms with E-state index in [0.29, 0.717) is 28.5 Å². The standard InChI is InChI=1S/C20H17ClN2O4S2/c1-2-27-18-6-4-3-5-15(18)20(22)16-11-13(21)7-8-17(16)23(19(20)24)29(25,26)14-9-10-28-12-14/h3-12H,2,22H2,1H3. The number of nitrogens with two attached hydrogens (primary N) is 1. The summed E-state index contributed by atoms with van der Waals surface area (Å²) in [6, 6.07) is 12.8. The van der Waals surface area contributed by atoms with Crippen molar-refractivity contribution in [3.8, 4) is 5.75 Å². The van der Waals surface area contributed by atoms with Gasteiger partial charge in [-0.3, -0.25) is 4.79 Å². The summed E-state index contributed by atoms with van der Waals surface area (Å²) in [6.07, 6.45) is 0. The fourth-order valence-electron chi connectivity index (χ4n) is 3.46. The van der Waals surface area contributed by atoms with E-state index in [1.807, 2.05) is 6.92 Å². The van der Waals surface area contributed by atoms with Crippen LogP contribution in [0.1, 0.15) is 18.1 Å². The molecule has 2 N–H and O–H groups in total. The number of anilines is 1. The minimum atomic E-state index is -4.14. The number of hydrogen-bond donors (Lipinski definition) is 1. The predicted octanol–water partition coefficient (Wildman–Crippen LogP) is 3.74. The second kappa shape index (κ2) is 7.14. The van der Waals surface area contributed by atoms with E-state index in [2.05, 4.69) is 0 Å². The minimum absolute atomic E-state index is 0.0269. The maximum Gasteiger partial charge on any atom is 0.271 e. The summed E-state index contributed by atoms with van der Waals surface area (Å²) >= 11 is 7.41. The van der Waals surface area contributed by atoms with Gasteiger partial charge in [0, 0.05) is 21.5 Å². The lowest BCUT2D eigenvalue weighted by Gasteiger charge is -2.26. The van der Waals surface area contributed by atoms with E-state index in [1.54, 1.807) is 29.6 Å². The molecule has 1 amide bonds. The number of halogens is 1. The molecule has 1 atom stereocenters. The largest absolute Gasteiger partial charge is 0.493 e. The van der Waals surface area contributed by atoms with Crippen molar-refractivity contribution in [2.24, 2.45) is 5.73 Å². The van der Waals surface area contributed by atoms with Crippen LogP contribution in [0.2, 0.25) is 5.02 Å². The van der Waals surface area contributed by atoms with Crippen molar-refractivity contribution in [1.29, 1.82) is 0 Å². The average Bonchev–Trinajstić information content (AvgIpc) is 3.31. The van der Waals surface area contributed by atoms with Crippen LogP contribution in [-0.4, -0.2) is 20.9 Å². The molecule has 29 heavy (non-hydrogen) atoms. The Hall–Kier alpha value is -2.39. The number of para-hydroxylation sites is 1. The van der Waals surface area contributed by atoms with Crippen LogP contribution in [0, 0.1) is 0 Å². The SMILES string of the molecule is CCOc1ccccc1C1(N)C(=O)N(S(=O)(=O)c2ccsc2)c2ccc(Cl)cc21. The van der Waals surface area contributed by atoms with E-state index in [9.17, 15) is 13.2 Å². The molecule has 1 aliphatic rings. The van der Waals surface area contributed by atoms with Crippen LogP contribution in [0.15, 0.2) is 64.2 Å². The highest BCUT2D eigenvalue weighted by Crippen LogP contribution is 2.48. The first kappa shape index (κ1) is 19.9. The number of hydrogen-bond acceptors (Lipinski definition) is 6. The number of carbonyl (C=O) groups is 1. The van der Waals surface area contributed by atoms with Crippen LogP contribution in [0.3, 0.4) is 0 Å². The highest BCUT2D eigenvalue weighted by molar-refractivity contribution is 7.93. The summed E-state index contributed by atoms with van der Waals surface area (Å²) in [4.78, 5) is 13.6. The summed E-state index contributed by atoms with van der Waals surface area (Å²) in [5, 5.41) is 3.45. The van der Waals surface area contributed by atoms with Gasteiger partial charge in [0.25, 0.3) is 15.9 Å². The molecule has 0 fully saturated rings. The van der Waals surface area contributed by atoms with Gasteiger partial charge >= 0.3 is 0 Å². The van der Waals surface area contributed by atoms with Crippen LogP contribution in [-0.2, 0) is 20.4 Å². The zero-order valence-electron chi connectivity index (χ0n) is 15.3. The van der Waals surface area contributed by atoms with Gasteiger partial charge in [-0.2, -0.15) is 11.3 Å². The van der Waals surface area contributed by atoms with Gasteiger partial charge in [-0.25, -0.2) is 12.7 Å². The van der Waals surface area contributed by atoms with Crippen LogP contribution < -0.4 is 14.8 Å². The molecule has 2 aromatic carbocycles. The zero-order chi connectivity index (χ0) is 20.8. The summed E-state index contributed by atoms with van der Waals surface area (Å²) < 4.78 is 33.0. The maximum absolute atomic E-state index is 13.6. The Kier molecular flexibility index (Phi) is 4.90. The first-order valence-corrected chi connectivity index (χ1v) is 11.5. The van der Waals surface area contributed by atoms with Gasteiger partial charge in [0.1, 0.15) is 5.75 Å². The first-order valence-electron chi connectivity index (χ1n) is 8.75. The fourth-order valence-corrected chi connectivity index (χ4v) is 6.12. The van der Waals surface area contributed by atoms with Crippen LogP contribution in [0.25, 0.3) is 0 Å². The molecule has 0 saturated heterocycles. The number of amides is 1. The van der Waals surface area contributed by atoms with E-state index in [-0.39, 0.29) is 10.6 Å². The smallest absolute Gasteiger partial charge is 0.271 e. The Labute approximate surface area is 177 Å². The number of benzene rings is 2. The molecule has 1 unspecified atom stereocenters. The van der Waals surface area contributed by atoms with Crippen LogP contribution >= 0.6 is 22.9 Å². The number of ether oxygens (including phenoxy) is 1. The zero-order valence-corrected chi connectivity index (χ0v) is 17.7. The Morgan fingerprint density at radius 2 is 1.93 bits per heavy atom. The summed E-state index contributed by atoms with van der Waals surface area (Å²) in [5.41, 5.74) is 5.78. The van der Waals surface area contributed by atoms with Gasteiger partial charge in [-0.15, -0.1) is 0 Å². The summed E-state index contributed by atoms with van der Waals surface area (Å²) in [5.74, 6) is -0.375. The first-order chi connectivity index (χ1) is 13.8. The van der Waals surface area contributed by atoms with Gasteiger partial charge in [0.2, 0.25) is 0 Å². The molecular weight excluding hydrogens is 432 g/mol. The van der Waals surface area contributed by atoms with Gasteiger partial charge in [-0.1, -0.05) is 29.8 Å². The van der Waals surface area contributed by atoms with Crippen molar-refractivity contribution in [2.45, 2.75) is 17.4 Å². The van der Waals surface area contributed by atoms with E-state index >= 15 is 0 Å². The van der Waals surface area contributed by atoms with Crippen molar-refractivity contribution in [3.05, 3.63) is 75.4 Å². The molecule has 0 spiro atoms. The minimum Gasteiger partial charge on any atom is -0.493 e. The summed E-state index contributed by atoms with van der Waals surface area (Å²) in [6.45, 7) is 2.18. The number of thiophene rings is 1. The number of carbonyl (C=O) groups excluding carboxylic acids is 1. The number of rotatable bonds is 5. The number of nitrogens with zero attached hydrogens (tertiary/aromatic N) is 1. The van der Waals surface area contributed by atoms with E-state index < -0.39 is 21.5 Å². The predicted molar refractivity (Wildman–Crippen MR) is 113 cm³/mol. The molecule has 3 aromatic rings. The topological polar surface area (TPSA) is 89.7 Å². The molecule has 4 rings (SSSR count). The lowest BCUT2D eigenvalue weighted by Crippen LogP contribution is -2.49. The second-order valence-electron chi connectivity index (χ2n) is 6.43. The van der Waals surface area contributed by atoms with Crippen molar-refractivity contribution in [3.63, 3.8) is 0 Å². The van der Waals surface area contributed by atoms with Gasteiger partial charge in [0.05, 0.1) is 17.2 Å². The fraction of sp³-hybridized carbons (Fsp3) is 0.150. The number of fused-ring (bicyclic) bond motifs is 1. The van der Waals surface area contributed by atoms with Gasteiger partial charge in [-0.05, 0) is 42.6 Å². The van der Waals surface area contributed by atoms with E-state index in [0.717, 1.165) is 4.31 Å². The quantitative estimate of drug-likeness (QED) is 0.642. The molecule has 0 aliphatic carbocycles. The number of sulfonamides is 1. The van der Waals surface area contributed by atoms with Crippen molar-refractivity contribution >= 4 is 44.6 Å². The molecule has 2 heterocycles. The van der Waals surface area contributed by atoms with Crippen molar-refractivity contribution in [1.82, 2.24) is 0 Å². The average molecular weight is 449 g/mol. The van der Waals surface area contributed by atoms with Gasteiger partial charge < -0.3 is 10.5 Å². The normalized spacial score (nSPS) is 18.7. The maximum atomic E-state index is 13.6. The van der Waals surface area contributed by atoms with Crippen molar-refractivity contribution < 1.29 is 17.9 Å². The Morgan fingerprint density at radius 3 is 2.62 bits per heavy atom. The molecule has 1 aliphatic heterocycles. The molecule has 1 aromatic heterocycles. The van der Waals surface area contributed by atoms with Gasteiger partial charge in [0.15, 0.2) is 5.54 Å². The highest BCUT2D eigenvalue weighted by atomic mass is 35.5. The Balaban J connectivity index is 1.99. The molecular formula is C20H17ClN2O4S2. The third-order valence-corrected chi connectivity index (χ3v) is 7.53. The monoisotopic (exact) mass is 448 g/mol. The Morgan fingerprint density at radius 1 is 1.17 bits per heavy atom. The van der Waals surface area contributed by atoms with Crippen molar-refractivity contribution in [2.75, 3.05) is 10.9 Å². The van der Waals surface area contributed by atoms with E-state index in [4.69, 9.17) is 22.1 Å². The molecule has 6 nitrogen and oxygen atoms in total. The molecule has 0 radical (unpaired) electrons. The molecule has 150 valence electrons. The lowest BCUT2D eigenvalue weighted by molar-refractivity contribution is -0.120. The molecule has 0 bridgehead atoms. The molecule has 9 heteroatoms. The highest BCUT2D eigenvalue weighted by Gasteiger charge is 2.55. The Bertz CT molecular complexity index is 1190. The van der Waals surface area contributed by atoms with E-state index in [1.165, 1.54) is 41.0 Å².